The number of nitrogens with zero attached hydrogens (tertiary/aromatic N) is 2. The van der Waals surface area contributed by atoms with Gasteiger partial charge in [0.05, 0.1) is 10.2 Å². The maximum Gasteiger partial charge on any atom is 0.279 e. The molecule has 0 radical (unpaired) electrons. The van der Waals surface area contributed by atoms with Crippen LogP contribution in [0.5, 0.6) is 0 Å². The smallest absolute Gasteiger partial charge is 0.279 e. The fourth-order valence-electron chi connectivity index (χ4n) is 2.97. The van der Waals surface area contributed by atoms with Crippen molar-refractivity contribution in [1.29, 1.82) is 0 Å². The third-order valence-electron chi connectivity index (χ3n) is 4.02. The Morgan fingerprint density at radius 2 is 1.92 bits per heavy atom. The number of aromatic nitrogens is 1. The van der Waals surface area contributed by atoms with Crippen molar-refractivity contribution in [1.82, 2.24) is 4.57 Å². The summed E-state index contributed by atoms with van der Waals surface area (Å²) in [5.74, 6) is -0.176. The average Bonchev–Trinajstić information content (AvgIpc) is 2.86. The molecule has 0 saturated heterocycles. The van der Waals surface area contributed by atoms with Gasteiger partial charge in [-0.15, -0.1) is 0 Å². The van der Waals surface area contributed by atoms with Crippen molar-refractivity contribution in [3.8, 4) is 0 Å². The van der Waals surface area contributed by atoms with Crippen LogP contribution in [0.1, 0.15) is 40.4 Å². The third-order valence-corrected chi connectivity index (χ3v) is 5.25. The average molecular weight is 338 g/mol. The second kappa shape index (κ2) is 6.73. The quantitative estimate of drug-likeness (QED) is 0.677. The summed E-state index contributed by atoms with van der Waals surface area (Å²) in [6.45, 7) is 9.22. The largest absolute Gasteiger partial charge is 0.316 e. The molecule has 0 unspecified atom stereocenters. The van der Waals surface area contributed by atoms with Gasteiger partial charge in [-0.2, -0.15) is 4.99 Å². The highest BCUT2D eigenvalue weighted by molar-refractivity contribution is 7.16. The zero-order chi connectivity index (χ0) is 17.3. The van der Waals surface area contributed by atoms with Crippen LogP contribution < -0.4 is 4.80 Å². The van der Waals surface area contributed by atoms with Gasteiger partial charge in [0.1, 0.15) is 0 Å². The van der Waals surface area contributed by atoms with Crippen LogP contribution in [0.25, 0.3) is 10.2 Å². The monoisotopic (exact) mass is 338 g/mol. The molecule has 0 aliphatic carbocycles. The Balaban J connectivity index is 2.19. The zero-order valence-electron chi connectivity index (χ0n) is 14.6. The minimum atomic E-state index is -0.176. The minimum absolute atomic E-state index is 0.176. The van der Waals surface area contributed by atoms with Gasteiger partial charge in [0.15, 0.2) is 4.80 Å². The molecule has 1 aromatic heterocycles. The van der Waals surface area contributed by atoms with Gasteiger partial charge in [0, 0.05) is 12.1 Å². The first kappa shape index (κ1) is 16.7. The molecule has 1 heterocycles. The summed E-state index contributed by atoms with van der Waals surface area (Å²) >= 11 is 1.60. The predicted octanol–water partition coefficient (Wildman–Crippen LogP) is 4.78. The summed E-state index contributed by atoms with van der Waals surface area (Å²) < 4.78 is 3.39. The van der Waals surface area contributed by atoms with Crippen molar-refractivity contribution < 1.29 is 4.79 Å². The van der Waals surface area contributed by atoms with Crippen LogP contribution in [0.3, 0.4) is 0 Å². The van der Waals surface area contributed by atoms with Gasteiger partial charge >= 0.3 is 0 Å². The molecule has 0 atom stereocenters. The lowest BCUT2D eigenvalue weighted by molar-refractivity contribution is 0.0997. The fourth-order valence-corrected chi connectivity index (χ4v) is 4.07. The first-order chi connectivity index (χ1) is 11.5. The molecule has 3 aromatic rings. The summed E-state index contributed by atoms with van der Waals surface area (Å²) in [7, 11) is 0. The number of hydrogen-bond donors (Lipinski definition) is 0. The van der Waals surface area contributed by atoms with Crippen LogP contribution in [0.2, 0.25) is 0 Å². The Kier molecular flexibility index (Phi) is 4.67. The van der Waals surface area contributed by atoms with E-state index >= 15 is 0 Å². The van der Waals surface area contributed by atoms with E-state index in [0.29, 0.717) is 5.56 Å². The highest BCUT2D eigenvalue weighted by atomic mass is 32.1. The van der Waals surface area contributed by atoms with Crippen molar-refractivity contribution in [3.63, 3.8) is 0 Å². The molecule has 0 aliphatic rings. The summed E-state index contributed by atoms with van der Waals surface area (Å²) in [6, 6.07) is 12.0. The summed E-state index contributed by atoms with van der Waals surface area (Å²) in [4.78, 5) is 17.8. The number of benzene rings is 2. The van der Waals surface area contributed by atoms with Gasteiger partial charge in [0.25, 0.3) is 5.91 Å². The Morgan fingerprint density at radius 1 is 1.12 bits per heavy atom. The van der Waals surface area contributed by atoms with Crippen molar-refractivity contribution >= 4 is 27.5 Å². The molecule has 24 heavy (non-hydrogen) atoms. The molecule has 0 spiro atoms. The molecule has 124 valence electrons. The lowest BCUT2D eigenvalue weighted by Crippen LogP contribution is -2.17. The highest BCUT2D eigenvalue weighted by Gasteiger charge is 2.11. The van der Waals surface area contributed by atoms with E-state index < -0.39 is 0 Å². The van der Waals surface area contributed by atoms with E-state index in [2.05, 4.69) is 42.5 Å². The standard InChI is InChI=1S/C20H22N2OS/c1-5-9-22-17-12-14(3)10-15(4)18(17)24-20(22)21-19(23)16-8-6-7-13(2)11-16/h6-8,10-12H,5,9H2,1-4H3. The lowest BCUT2D eigenvalue weighted by Gasteiger charge is -2.05. The molecule has 0 aliphatic heterocycles. The Hall–Kier alpha value is -2.20. The SMILES string of the molecule is CCCn1c(=NC(=O)c2cccc(C)c2)sc2c(C)cc(C)cc21. The normalized spacial score (nSPS) is 12.1. The molecular weight excluding hydrogens is 316 g/mol. The van der Waals surface area contributed by atoms with Crippen LogP contribution in [-0.2, 0) is 6.54 Å². The van der Waals surface area contributed by atoms with Crippen molar-refractivity contribution in [2.24, 2.45) is 4.99 Å². The Morgan fingerprint density at radius 3 is 2.62 bits per heavy atom. The Labute approximate surface area is 146 Å². The fraction of sp³-hybridized carbons (Fsp3) is 0.300. The molecule has 0 bridgehead atoms. The molecule has 3 rings (SSSR count). The van der Waals surface area contributed by atoms with Crippen LogP contribution in [0, 0.1) is 20.8 Å². The number of fused-ring (bicyclic) bond motifs is 1. The van der Waals surface area contributed by atoms with Crippen LogP contribution >= 0.6 is 11.3 Å². The number of thiazole rings is 1. The van der Waals surface area contributed by atoms with E-state index in [0.717, 1.165) is 23.3 Å². The predicted molar refractivity (Wildman–Crippen MR) is 101 cm³/mol. The lowest BCUT2D eigenvalue weighted by atomic mass is 10.1. The third kappa shape index (κ3) is 3.20. The van der Waals surface area contributed by atoms with E-state index in [1.165, 1.54) is 21.3 Å². The van der Waals surface area contributed by atoms with Gasteiger partial charge in [-0.1, -0.05) is 42.0 Å². The van der Waals surface area contributed by atoms with Crippen LogP contribution in [-0.4, -0.2) is 10.5 Å². The number of carbonyl (C=O) groups excluding carboxylic acids is 1. The van der Waals surface area contributed by atoms with E-state index in [-0.39, 0.29) is 5.91 Å². The van der Waals surface area contributed by atoms with E-state index in [9.17, 15) is 4.79 Å². The van der Waals surface area contributed by atoms with Crippen LogP contribution in [0.4, 0.5) is 0 Å². The number of carbonyl (C=O) groups is 1. The van der Waals surface area contributed by atoms with Gasteiger partial charge in [0.2, 0.25) is 0 Å². The highest BCUT2D eigenvalue weighted by Crippen LogP contribution is 2.23. The van der Waals surface area contributed by atoms with Gasteiger partial charge < -0.3 is 4.57 Å². The van der Waals surface area contributed by atoms with E-state index in [1.807, 2.05) is 31.2 Å². The molecule has 0 fully saturated rings. The first-order valence-corrected chi connectivity index (χ1v) is 9.07. The molecule has 4 heteroatoms. The topological polar surface area (TPSA) is 34.4 Å². The van der Waals surface area contributed by atoms with Gasteiger partial charge in [-0.05, 0) is 56.5 Å². The second-order valence-electron chi connectivity index (χ2n) is 6.25. The first-order valence-electron chi connectivity index (χ1n) is 8.26. The number of amides is 1. The second-order valence-corrected chi connectivity index (χ2v) is 7.23. The van der Waals surface area contributed by atoms with Gasteiger partial charge in [-0.25, -0.2) is 0 Å². The molecular formula is C20H22N2OS. The molecule has 0 N–H and O–H groups in total. The maximum atomic E-state index is 12.6. The maximum absolute atomic E-state index is 12.6. The molecule has 3 nitrogen and oxygen atoms in total. The number of aryl methyl sites for hydroxylation is 4. The van der Waals surface area contributed by atoms with Crippen molar-refractivity contribution in [3.05, 3.63) is 63.5 Å². The van der Waals surface area contributed by atoms with Crippen molar-refractivity contribution in [2.75, 3.05) is 0 Å². The Bertz CT molecular complexity index is 979. The summed E-state index contributed by atoms with van der Waals surface area (Å²) in [6.07, 6.45) is 1.00. The summed E-state index contributed by atoms with van der Waals surface area (Å²) in [5, 5.41) is 0. The van der Waals surface area contributed by atoms with Crippen LogP contribution in [0.15, 0.2) is 41.4 Å². The van der Waals surface area contributed by atoms with Gasteiger partial charge in [-0.3, -0.25) is 4.79 Å². The van der Waals surface area contributed by atoms with E-state index in [1.54, 1.807) is 11.3 Å². The van der Waals surface area contributed by atoms with Crippen molar-refractivity contribution in [2.45, 2.75) is 40.7 Å². The van der Waals surface area contributed by atoms with E-state index in [4.69, 9.17) is 0 Å². The molecule has 2 aromatic carbocycles. The summed E-state index contributed by atoms with van der Waals surface area (Å²) in [5.41, 5.74) is 5.36. The number of rotatable bonds is 3. The zero-order valence-corrected chi connectivity index (χ0v) is 15.4. The molecule has 0 saturated carbocycles. The minimum Gasteiger partial charge on any atom is -0.316 e. The number of hydrogen-bond acceptors (Lipinski definition) is 2. The molecule has 1 amide bonds.